The van der Waals surface area contributed by atoms with Crippen molar-refractivity contribution in [2.24, 2.45) is 5.84 Å². The molecule has 2 aromatic rings. The lowest BCUT2D eigenvalue weighted by atomic mass is 10.0. The van der Waals surface area contributed by atoms with Crippen molar-refractivity contribution < 1.29 is 4.42 Å². The van der Waals surface area contributed by atoms with Crippen molar-refractivity contribution in [3.05, 3.63) is 57.5 Å². The number of hydrogen-bond donors (Lipinski definition) is 2. The molecule has 102 valence electrons. The Morgan fingerprint density at radius 3 is 2.68 bits per heavy atom. The van der Waals surface area contributed by atoms with Gasteiger partial charge in [-0.15, -0.1) is 0 Å². The van der Waals surface area contributed by atoms with Gasteiger partial charge in [-0.3, -0.25) is 5.84 Å². The van der Waals surface area contributed by atoms with Gasteiger partial charge in [0, 0.05) is 6.42 Å². The number of furan rings is 1. The summed E-state index contributed by atoms with van der Waals surface area (Å²) in [5.74, 6) is 7.34. The normalized spacial score (nSPS) is 12.6. The highest BCUT2D eigenvalue weighted by Crippen LogP contribution is 2.29. The van der Waals surface area contributed by atoms with Gasteiger partial charge in [-0.05, 0) is 30.2 Å². The molecule has 3 N–H and O–H groups in total. The smallest absolute Gasteiger partial charge is 0.122 e. The lowest BCUT2D eigenvalue weighted by molar-refractivity contribution is 0.396. The van der Waals surface area contributed by atoms with Gasteiger partial charge in [0.1, 0.15) is 11.5 Å². The van der Waals surface area contributed by atoms with Crippen LogP contribution in [0.4, 0.5) is 0 Å². The third-order valence-electron chi connectivity index (χ3n) is 3.03. The van der Waals surface area contributed by atoms with Gasteiger partial charge < -0.3 is 4.42 Å². The van der Waals surface area contributed by atoms with Gasteiger partial charge in [0.15, 0.2) is 0 Å². The van der Waals surface area contributed by atoms with Crippen molar-refractivity contribution in [3.8, 4) is 0 Å². The molecule has 0 aliphatic heterocycles. The van der Waals surface area contributed by atoms with Crippen LogP contribution in [0.15, 0.2) is 34.7 Å². The maximum absolute atomic E-state index is 6.18. The van der Waals surface area contributed by atoms with Gasteiger partial charge >= 0.3 is 0 Å². The van der Waals surface area contributed by atoms with E-state index in [1.807, 2.05) is 31.2 Å². The van der Waals surface area contributed by atoms with Gasteiger partial charge in [0.05, 0.1) is 16.1 Å². The summed E-state index contributed by atoms with van der Waals surface area (Å²) in [7, 11) is 0. The van der Waals surface area contributed by atoms with E-state index < -0.39 is 0 Å². The van der Waals surface area contributed by atoms with Crippen LogP contribution in [-0.4, -0.2) is 0 Å². The molecule has 0 saturated carbocycles. The summed E-state index contributed by atoms with van der Waals surface area (Å²) in [4.78, 5) is 0. The van der Waals surface area contributed by atoms with Crippen LogP contribution in [0.25, 0.3) is 0 Å². The fourth-order valence-electron chi connectivity index (χ4n) is 1.94. The molecule has 0 aliphatic rings. The van der Waals surface area contributed by atoms with Gasteiger partial charge in [0.25, 0.3) is 0 Å². The van der Waals surface area contributed by atoms with Crippen LogP contribution in [0.2, 0.25) is 10.0 Å². The highest BCUT2D eigenvalue weighted by Gasteiger charge is 2.17. The second-order valence-corrected chi connectivity index (χ2v) is 5.08. The summed E-state index contributed by atoms with van der Waals surface area (Å²) in [5.41, 5.74) is 3.69. The van der Waals surface area contributed by atoms with Crippen LogP contribution >= 0.6 is 23.2 Å². The summed E-state index contributed by atoms with van der Waals surface area (Å²) < 4.78 is 5.71. The monoisotopic (exact) mass is 298 g/mol. The van der Waals surface area contributed by atoms with Crippen molar-refractivity contribution in [2.45, 2.75) is 25.8 Å². The molecule has 1 aromatic heterocycles. The van der Waals surface area contributed by atoms with Gasteiger partial charge in [-0.2, -0.15) is 0 Å². The Morgan fingerprint density at radius 2 is 2.05 bits per heavy atom. The molecule has 0 saturated heterocycles. The SMILES string of the molecule is CCc1ccc(C(Cc2cccc(Cl)c2Cl)NN)o1. The number of hydrogen-bond acceptors (Lipinski definition) is 3. The molecular weight excluding hydrogens is 283 g/mol. The molecule has 0 amide bonds. The lowest BCUT2D eigenvalue weighted by Gasteiger charge is -2.14. The summed E-state index contributed by atoms with van der Waals surface area (Å²) in [6.45, 7) is 2.04. The zero-order chi connectivity index (χ0) is 13.8. The molecule has 0 bridgehead atoms. The number of hydrazine groups is 1. The molecule has 2 rings (SSSR count). The first-order chi connectivity index (χ1) is 9.15. The van der Waals surface area contributed by atoms with E-state index in [0.29, 0.717) is 16.5 Å². The van der Waals surface area contributed by atoms with Crippen LogP contribution in [0.1, 0.15) is 30.0 Å². The van der Waals surface area contributed by atoms with E-state index in [-0.39, 0.29) is 6.04 Å². The Hall–Kier alpha value is -1.000. The maximum Gasteiger partial charge on any atom is 0.122 e. The Bertz CT molecular complexity index is 554. The van der Waals surface area contributed by atoms with Crippen molar-refractivity contribution in [1.29, 1.82) is 0 Å². The summed E-state index contributed by atoms with van der Waals surface area (Å²) in [6, 6.07) is 9.33. The van der Waals surface area contributed by atoms with Crippen LogP contribution in [0, 0.1) is 0 Å². The minimum atomic E-state index is -0.128. The van der Waals surface area contributed by atoms with Gasteiger partial charge in [0.2, 0.25) is 0 Å². The molecule has 1 unspecified atom stereocenters. The zero-order valence-corrected chi connectivity index (χ0v) is 12.1. The molecule has 5 heteroatoms. The number of nitrogens with two attached hydrogens (primary N) is 1. The largest absolute Gasteiger partial charge is 0.464 e. The molecule has 3 nitrogen and oxygen atoms in total. The number of halogens is 2. The fraction of sp³-hybridized carbons (Fsp3) is 0.286. The Balaban J connectivity index is 2.21. The second-order valence-electron chi connectivity index (χ2n) is 4.29. The zero-order valence-electron chi connectivity index (χ0n) is 10.6. The number of nitrogens with one attached hydrogen (secondary N) is 1. The average molecular weight is 299 g/mol. The second kappa shape index (κ2) is 6.44. The van der Waals surface area contributed by atoms with E-state index in [1.54, 1.807) is 6.07 Å². The summed E-state index contributed by atoms with van der Waals surface area (Å²) in [6.07, 6.45) is 1.47. The van der Waals surface area contributed by atoms with Crippen LogP contribution < -0.4 is 11.3 Å². The Kier molecular flexibility index (Phi) is 4.88. The Morgan fingerprint density at radius 1 is 1.26 bits per heavy atom. The fourth-order valence-corrected chi connectivity index (χ4v) is 2.34. The molecule has 0 aliphatic carbocycles. The quantitative estimate of drug-likeness (QED) is 0.650. The van der Waals surface area contributed by atoms with E-state index in [0.717, 1.165) is 23.5 Å². The number of benzene rings is 1. The van der Waals surface area contributed by atoms with E-state index in [2.05, 4.69) is 5.43 Å². The van der Waals surface area contributed by atoms with E-state index in [9.17, 15) is 0 Å². The van der Waals surface area contributed by atoms with Crippen LogP contribution in [0.3, 0.4) is 0 Å². The maximum atomic E-state index is 6.18. The van der Waals surface area contributed by atoms with Crippen molar-refractivity contribution >= 4 is 23.2 Å². The minimum absolute atomic E-state index is 0.128. The molecule has 1 atom stereocenters. The molecule has 0 spiro atoms. The highest BCUT2D eigenvalue weighted by atomic mass is 35.5. The number of aryl methyl sites for hydroxylation is 1. The standard InChI is InChI=1S/C14H16Cl2N2O/c1-2-10-6-7-13(19-10)12(18-17)8-9-4-3-5-11(15)14(9)16/h3-7,12,18H,2,8,17H2,1H3. The third kappa shape index (κ3) is 3.31. The topological polar surface area (TPSA) is 51.2 Å². The Labute approximate surface area is 122 Å². The average Bonchev–Trinajstić information content (AvgIpc) is 2.89. The summed E-state index contributed by atoms with van der Waals surface area (Å²) >= 11 is 12.2. The van der Waals surface area contributed by atoms with Gasteiger partial charge in [-0.1, -0.05) is 42.3 Å². The first-order valence-corrected chi connectivity index (χ1v) is 6.89. The van der Waals surface area contributed by atoms with Crippen LogP contribution in [0.5, 0.6) is 0 Å². The first kappa shape index (κ1) is 14.4. The van der Waals surface area contributed by atoms with E-state index in [1.165, 1.54) is 0 Å². The molecule has 0 radical (unpaired) electrons. The predicted molar refractivity (Wildman–Crippen MR) is 78.3 cm³/mol. The molecule has 1 heterocycles. The first-order valence-electron chi connectivity index (χ1n) is 6.13. The third-order valence-corrected chi connectivity index (χ3v) is 3.89. The minimum Gasteiger partial charge on any atom is -0.464 e. The molecule has 1 aromatic carbocycles. The molecule has 19 heavy (non-hydrogen) atoms. The molecular formula is C14H16Cl2N2O. The van der Waals surface area contributed by atoms with Crippen molar-refractivity contribution in [1.82, 2.24) is 5.43 Å². The van der Waals surface area contributed by atoms with Crippen LogP contribution in [-0.2, 0) is 12.8 Å². The summed E-state index contributed by atoms with van der Waals surface area (Å²) in [5, 5.41) is 1.11. The number of rotatable bonds is 5. The van der Waals surface area contributed by atoms with Gasteiger partial charge in [-0.25, -0.2) is 5.43 Å². The lowest BCUT2D eigenvalue weighted by Crippen LogP contribution is -2.29. The predicted octanol–water partition coefficient (Wildman–Crippen LogP) is 3.90. The molecule has 0 fully saturated rings. The van der Waals surface area contributed by atoms with Crippen molar-refractivity contribution in [3.63, 3.8) is 0 Å². The van der Waals surface area contributed by atoms with E-state index in [4.69, 9.17) is 33.5 Å². The van der Waals surface area contributed by atoms with Crippen molar-refractivity contribution in [2.75, 3.05) is 0 Å². The highest BCUT2D eigenvalue weighted by molar-refractivity contribution is 6.42. The van der Waals surface area contributed by atoms with E-state index >= 15 is 0 Å².